The van der Waals surface area contributed by atoms with Crippen molar-refractivity contribution in [2.24, 2.45) is 0 Å². The van der Waals surface area contributed by atoms with Crippen molar-refractivity contribution in [3.8, 4) is 11.3 Å². The molecule has 0 fully saturated rings. The Bertz CT molecular complexity index is 978. The molecule has 2 aromatic carbocycles. The Hall–Kier alpha value is -2.48. The van der Waals surface area contributed by atoms with Gasteiger partial charge in [0.05, 0.1) is 17.7 Å². The largest absolute Gasteiger partial charge is 0.392 e. The molecular formula is C17H14ClN3O3S. The fourth-order valence-corrected chi connectivity index (χ4v) is 3.37. The molecule has 0 saturated carbocycles. The van der Waals surface area contributed by atoms with Gasteiger partial charge in [-0.3, -0.25) is 4.72 Å². The molecule has 6 nitrogen and oxygen atoms in total. The fourth-order valence-electron chi connectivity index (χ4n) is 2.20. The zero-order valence-corrected chi connectivity index (χ0v) is 14.5. The molecule has 25 heavy (non-hydrogen) atoms. The van der Waals surface area contributed by atoms with Crippen molar-refractivity contribution < 1.29 is 13.5 Å². The summed E-state index contributed by atoms with van der Waals surface area (Å²) in [6.07, 6.45) is 1.27. The highest BCUT2D eigenvalue weighted by Gasteiger charge is 2.18. The average Bonchev–Trinajstić information content (AvgIpc) is 2.64. The molecule has 128 valence electrons. The number of aliphatic hydroxyl groups is 1. The van der Waals surface area contributed by atoms with E-state index >= 15 is 0 Å². The lowest BCUT2D eigenvalue weighted by Crippen LogP contribution is -2.15. The quantitative estimate of drug-likeness (QED) is 0.714. The summed E-state index contributed by atoms with van der Waals surface area (Å²) in [4.78, 5) is 8.38. The molecule has 0 spiro atoms. The van der Waals surface area contributed by atoms with Gasteiger partial charge >= 0.3 is 0 Å². The lowest BCUT2D eigenvalue weighted by atomic mass is 10.1. The van der Waals surface area contributed by atoms with Crippen LogP contribution in [0.2, 0.25) is 5.15 Å². The van der Waals surface area contributed by atoms with Gasteiger partial charge in [0.1, 0.15) is 10.8 Å². The van der Waals surface area contributed by atoms with Crippen molar-refractivity contribution in [2.75, 3.05) is 4.72 Å². The highest BCUT2D eigenvalue weighted by Crippen LogP contribution is 2.27. The Morgan fingerprint density at radius 3 is 2.36 bits per heavy atom. The number of hydrogen-bond acceptors (Lipinski definition) is 5. The molecule has 0 aliphatic heterocycles. The number of nitrogens with one attached hydrogen (secondary N) is 1. The van der Waals surface area contributed by atoms with Gasteiger partial charge in [-0.05, 0) is 17.7 Å². The first-order valence-corrected chi connectivity index (χ1v) is 9.16. The maximum atomic E-state index is 12.5. The van der Waals surface area contributed by atoms with Crippen molar-refractivity contribution in [3.05, 3.63) is 71.5 Å². The van der Waals surface area contributed by atoms with Gasteiger partial charge in [0, 0.05) is 5.56 Å². The van der Waals surface area contributed by atoms with Crippen LogP contribution in [0.1, 0.15) is 5.56 Å². The van der Waals surface area contributed by atoms with E-state index in [9.17, 15) is 8.42 Å². The van der Waals surface area contributed by atoms with E-state index in [1.54, 1.807) is 42.5 Å². The number of benzene rings is 2. The number of aliphatic hydroxyl groups excluding tert-OH is 1. The molecular weight excluding hydrogens is 362 g/mol. The van der Waals surface area contributed by atoms with E-state index < -0.39 is 10.0 Å². The van der Waals surface area contributed by atoms with Crippen LogP contribution < -0.4 is 4.72 Å². The maximum Gasteiger partial charge on any atom is 0.263 e. The minimum atomic E-state index is -3.81. The van der Waals surface area contributed by atoms with E-state index in [1.807, 2.05) is 0 Å². The lowest BCUT2D eigenvalue weighted by molar-refractivity contribution is 0.282. The third-order valence-corrected chi connectivity index (χ3v) is 4.97. The molecule has 2 N–H and O–H groups in total. The lowest BCUT2D eigenvalue weighted by Gasteiger charge is -2.11. The van der Waals surface area contributed by atoms with Gasteiger partial charge in [0.2, 0.25) is 0 Å². The van der Waals surface area contributed by atoms with E-state index in [-0.39, 0.29) is 22.5 Å². The van der Waals surface area contributed by atoms with E-state index in [1.165, 1.54) is 18.3 Å². The number of anilines is 1. The normalized spacial score (nSPS) is 11.3. The summed E-state index contributed by atoms with van der Waals surface area (Å²) >= 11 is 5.92. The average molecular weight is 376 g/mol. The third-order valence-electron chi connectivity index (χ3n) is 3.44. The number of rotatable bonds is 5. The Labute approximate surface area is 150 Å². The number of sulfonamides is 1. The number of nitrogens with zero attached hydrogens (tertiary/aromatic N) is 2. The number of halogens is 1. The van der Waals surface area contributed by atoms with Crippen LogP contribution in [0.15, 0.2) is 65.7 Å². The molecule has 0 atom stereocenters. The smallest absolute Gasteiger partial charge is 0.263 e. The summed E-state index contributed by atoms with van der Waals surface area (Å²) < 4.78 is 27.5. The minimum Gasteiger partial charge on any atom is -0.392 e. The van der Waals surface area contributed by atoms with Crippen LogP contribution in [0.25, 0.3) is 11.3 Å². The van der Waals surface area contributed by atoms with Crippen molar-refractivity contribution in [1.29, 1.82) is 0 Å². The Morgan fingerprint density at radius 2 is 1.72 bits per heavy atom. The van der Waals surface area contributed by atoms with Crippen LogP contribution >= 0.6 is 11.6 Å². The molecule has 0 saturated heterocycles. The van der Waals surface area contributed by atoms with E-state index in [0.29, 0.717) is 11.3 Å². The first-order chi connectivity index (χ1) is 12.0. The second kappa shape index (κ2) is 7.18. The second-order valence-corrected chi connectivity index (χ2v) is 7.23. The number of aromatic nitrogens is 2. The van der Waals surface area contributed by atoms with E-state index in [0.717, 1.165) is 5.56 Å². The van der Waals surface area contributed by atoms with Gasteiger partial charge in [-0.2, -0.15) is 0 Å². The predicted molar refractivity (Wildman–Crippen MR) is 95.7 cm³/mol. The monoisotopic (exact) mass is 375 g/mol. The molecule has 0 amide bonds. The van der Waals surface area contributed by atoms with Crippen LogP contribution in [0.3, 0.4) is 0 Å². The molecule has 0 aliphatic carbocycles. The van der Waals surface area contributed by atoms with Crippen molar-refractivity contribution in [1.82, 2.24) is 9.97 Å². The highest BCUT2D eigenvalue weighted by molar-refractivity contribution is 7.92. The summed E-state index contributed by atoms with van der Waals surface area (Å²) in [5.41, 5.74) is 1.65. The Morgan fingerprint density at radius 1 is 1.04 bits per heavy atom. The zero-order valence-electron chi connectivity index (χ0n) is 12.9. The van der Waals surface area contributed by atoms with E-state index in [4.69, 9.17) is 16.7 Å². The maximum absolute atomic E-state index is 12.5. The first kappa shape index (κ1) is 17.3. The van der Waals surface area contributed by atoms with Gasteiger partial charge in [-0.25, -0.2) is 18.4 Å². The second-order valence-electron chi connectivity index (χ2n) is 5.16. The van der Waals surface area contributed by atoms with Crippen molar-refractivity contribution in [3.63, 3.8) is 0 Å². The molecule has 0 unspecified atom stereocenters. The van der Waals surface area contributed by atoms with Crippen molar-refractivity contribution >= 4 is 27.4 Å². The molecule has 1 aromatic heterocycles. The fraction of sp³-hybridized carbons (Fsp3) is 0.0588. The molecule has 0 radical (unpaired) electrons. The SMILES string of the molecule is O=S(=O)(Nc1ncc(Cl)nc1-c1ccc(CO)cc1)c1ccccc1. The van der Waals surface area contributed by atoms with Crippen LogP contribution in [-0.4, -0.2) is 23.5 Å². The summed E-state index contributed by atoms with van der Waals surface area (Å²) in [5.74, 6) is 0.0741. The van der Waals surface area contributed by atoms with Gasteiger partial charge < -0.3 is 5.11 Å². The van der Waals surface area contributed by atoms with Crippen LogP contribution in [0.5, 0.6) is 0 Å². The van der Waals surface area contributed by atoms with Crippen LogP contribution in [0.4, 0.5) is 5.82 Å². The molecule has 1 heterocycles. The molecule has 0 bridgehead atoms. The van der Waals surface area contributed by atoms with Gasteiger partial charge in [0.25, 0.3) is 10.0 Å². The molecule has 3 aromatic rings. The molecule has 3 rings (SSSR count). The van der Waals surface area contributed by atoms with E-state index in [2.05, 4.69) is 14.7 Å². The Kier molecular flexibility index (Phi) is 4.98. The summed E-state index contributed by atoms with van der Waals surface area (Å²) in [5, 5.41) is 9.28. The summed E-state index contributed by atoms with van der Waals surface area (Å²) in [6, 6.07) is 14.8. The predicted octanol–water partition coefficient (Wildman–Crippen LogP) is 3.09. The zero-order chi connectivity index (χ0) is 17.9. The van der Waals surface area contributed by atoms with Crippen LogP contribution in [-0.2, 0) is 16.6 Å². The van der Waals surface area contributed by atoms with Gasteiger partial charge in [0.15, 0.2) is 5.82 Å². The highest BCUT2D eigenvalue weighted by atomic mass is 35.5. The number of hydrogen-bond donors (Lipinski definition) is 2. The van der Waals surface area contributed by atoms with Gasteiger partial charge in [-0.15, -0.1) is 0 Å². The standard InChI is InChI=1S/C17H14ClN3O3S/c18-15-10-19-17(21-25(23,24)14-4-2-1-3-5-14)16(20-15)13-8-6-12(11-22)7-9-13/h1-10,22H,11H2,(H,19,21). The molecule has 8 heteroatoms. The topological polar surface area (TPSA) is 92.2 Å². The Balaban J connectivity index is 2.02. The van der Waals surface area contributed by atoms with Crippen LogP contribution in [0, 0.1) is 0 Å². The third kappa shape index (κ3) is 3.96. The van der Waals surface area contributed by atoms with Crippen molar-refractivity contribution in [2.45, 2.75) is 11.5 Å². The minimum absolute atomic E-state index is 0.0741. The summed E-state index contributed by atoms with van der Waals surface area (Å²) in [6.45, 7) is -0.0883. The van der Waals surface area contributed by atoms with Gasteiger partial charge in [-0.1, -0.05) is 54.1 Å². The first-order valence-electron chi connectivity index (χ1n) is 7.30. The molecule has 0 aliphatic rings. The summed E-state index contributed by atoms with van der Waals surface area (Å²) in [7, 11) is -3.81.